The van der Waals surface area contributed by atoms with Crippen LogP contribution in [0.25, 0.3) is 0 Å². The summed E-state index contributed by atoms with van der Waals surface area (Å²) in [6.07, 6.45) is 18.4. The van der Waals surface area contributed by atoms with Crippen molar-refractivity contribution in [3.63, 3.8) is 0 Å². The number of aliphatic hydroxyl groups excluding tert-OH is 1. The zero-order chi connectivity index (χ0) is 24.8. The molecule has 3 aliphatic carbocycles. The van der Waals surface area contributed by atoms with Gasteiger partial charge in [0.1, 0.15) is 0 Å². The van der Waals surface area contributed by atoms with Gasteiger partial charge in [0.2, 0.25) is 0 Å². The maximum atomic E-state index is 12.5. The molecule has 5 atom stereocenters. The molecule has 1 N–H and O–H groups in total. The first kappa shape index (κ1) is 27.8. The Balaban J connectivity index is 1.45. The highest BCUT2D eigenvalue weighted by Crippen LogP contribution is 2.64. The van der Waals surface area contributed by atoms with Gasteiger partial charge in [-0.2, -0.15) is 0 Å². The second kappa shape index (κ2) is 12.4. The lowest BCUT2D eigenvalue weighted by Crippen LogP contribution is -2.56. The van der Waals surface area contributed by atoms with Crippen LogP contribution in [0, 0.1) is 28.6 Å². The van der Waals surface area contributed by atoms with Crippen LogP contribution in [0.4, 0.5) is 0 Å². The van der Waals surface area contributed by atoms with Gasteiger partial charge in [-0.25, -0.2) is 0 Å². The van der Waals surface area contributed by atoms with E-state index in [0.29, 0.717) is 36.2 Å². The lowest BCUT2D eigenvalue weighted by molar-refractivity contribution is -0.149. The molecular weight excluding hydrogens is 420 g/mol. The largest absolute Gasteiger partial charge is 0.466 e. The van der Waals surface area contributed by atoms with E-state index < -0.39 is 0 Å². The summed E-state index contributed by atoms with van der Waals surface area (Å²) in [6.45, 7) is 12.3. The second-order valence-electron chi connectivity index (χ2n) is 12.8. The normalized spacial score (nSPS) is 32.8. The Morgan fingerprint density at radius 2 is 1.65 bits per heavy atom. The van der Waals surface area contributed by atoms with E-state index >= 15 is 0 Å². The molecule has 3 heteroatoms. The molecule has 3 aliphatic rings. The Kier molecular flexibility index (Phi) is 10.1. The average Bonchev–Trinajstić information content (AvgIpc) is 2.80. The van der Waals surface area contributed by atoms with Crippen LogP contribution in [0.15, 0.2) is 11.1 Å². The molecule has 0 amide bonds. The summed E-state index contributed by atoms with van der Waals surface area (Å²) in [4.78, 5) is 12.5. The second-order valence-corrected chi connectivity index (χ2v) is 12.8. The highest BCUT2D eigenvalue weighted by atomic mass is 16.5. The van der Waals surface area contributed by atoms with Gasteiger partial charge in [-0.1, -0.05) is 83.8 Å². The van der Waals surface area contributed by atoms with Gasteiger partial charge < -0.3 is 9.84 Å². The molecule has 0 spiro atoms. The van der Waals surface area contributed by atoms with Crippen molar-refractivity contribution in [3.05, 3.63) is 11.1 Å². The summed E-state index contributed by atoms with van der Waals surface area (Å²) in [5.41, 5.74) is 3.43. The number of ether oxygens (including phenoxy) is 1. The molecule has 0 radical (unpaired) electrons. The molecule has 2 saturated carbocycles. The van der Waals surface area contributed by atoms with Gasteiger partial charge in [0.15, 0.2) is 0 Å². The zero-order valence-corrected chi connectivity index (χ0v) is 23.1. The summed E-state index contributed by atoms with van der Waals surface area (Å²) < 4.78 is 5.60. The maximum Gasteiger partial charge on any atom is 0.306 e. The fraction of sp³-hybridized carbons (Fsp3) is 0.903. The van der Waals surface area contributed by atoms with Crippen LogP contribution >= 0.6 is 0 Å². The van der Waals surface area contributed by atoms with E-state index in [2.05, 4.69) is 34.6 Å². The average molecular weight is 475 g/mol. The number of unbranched alkanes of at least 4 members (excludes halogenated alkanes) is 7. The van der Waals surface area contributed by atoms with Crippen molar-refractivity contribution in [3.8, 4) is 0 Å². The van der Waals surface area contributed by atoms with E-state index in [9.17, 15) is 9.90 Å². The van der Waals surface area contributed by atoms with Gasteiger partial charge in [-0.3, -0.25) is 4.79 Å². The summed E-state index contributed by atoms with van der Waals surface area (Å²) in [6, 6.07) is 0. The van der Waals surface area contributed by atoms with Crippen molar-refractivity contribution in [1.29, 1.82) is 0 Å². The topological polar surface area (TPSA) is 46.5 Å². The van der Waals surface area contributed by atoms with E-state index in [-0.39, 0.29) is 17.5 Å². The fourth-order valence-corrected chi connectivity index (χ4v) is 8.16. The lowest BCUT2D eigenvalue weighted by Gasteiger charge is -2.62. The number of hydrogen-bond acceptors (Lipinski definition) is 3. The minimum atomic E-state index is -0.168. The first-order chi connectivity index (χ1) is 16.2. The minimum absolute atomic E-state index is 0.00723. The number of rotatable bonds is 12. The molecule has 2 fully saturated rings. The highest BCUT2D eigenvalue weighted by Gasteiger charge is 2.58. The molecule has 0 aromatic heterocycles. The quantitative estimate of drug-likeness (QED) is 0.175. The number of esters is 1. The summed E-state index contributed by atoms with van der Waals surface area (Å²) >= 11 is 0. The van der Waals surface area contributed by atoms with Crippen LogP contribution in [-0.4, -0.2) is 23.8 Å². The minimum Gasteiger partial charge on any atom is -0.466 e. The first-order valence-corrected chi connectivity index (χ1v) is 14.7. The van der Waals surface area contributed by atoms with Crippen molar-refractivity contribution in [2.24, 2.45) is 28.6 Å². The van der Waals surface area contributed by atoms with Gasteiger partial charge in [-0.15, -0.1) is 0 Å². The number of fused-ring (bicyclic) bond motifs is 3. The van der Waals surface area contributed by atoms with E-state index in [1.165, 1.54) is 76.2 Å². The van der Waals surface area contributed by atoms with E-state index in [4.69, 9.17) is 4.74 Å². The number of allylic oxidation sites excluding steroid dienone is 2. The number of carbonyl (C=O) groups excluding carboxylic acids is 1. The van der Waals surface area contributed by atoms with Crippen molar-refractivity contribution < 1.29 is 14.6 Å². The number of hydrogen-bond donors (Lipinski definition) is 1. The van der Waals surface area contributed by atoms with Gasteiger partial charge in [0.05, 0.1) is 12.7 Å². The Morgan fingerprint density at radius 1 is 0.971 bits per heavy atom. The third-order valence-electron chi connectivity index (χ3n) is 10.3. The lowest BCUT2D eigenvalue weighted by atomic mass is 9.43. The van der Waals surface area contributed by atoms with Crippen molar-refractivity contribution in [2.75, 3.05) is 6.61 Å². The van der Waals surface area contributed by atoms with Crippen LogP contribution in [-0.2, 0) is 9.53 Å². The smallest absolute Gasteiger partial charge is 0.306 e. The van der Waals surface area contributed by atoms with Crippen LogP contribution in [0.3, 0.4) is 0 Å². The van der Waals surface area contributed by atoms with Crippen LogP contribution in [0.2, 0.25) is 0 Å². The predicted octanol–water partition coefficient (Wildman–Crippen LogP) is 8.39. The van der Waals surface area contributed by atoms with Gasteiger partial charge in [0, 0.05) is 6.42 Å². The molecular formula is C31H54O3. The molecule has 3 unspecified atom stereocenters. The maximum absolute atomic E-state index is 12.5. The Bertz CT molecular complexity index is 693. The third kappa shape index (κ3) is 6.29. The molecule has 0 bridgehead atoms. The van der Waals surface area contributed by atoms with Crippen LogP contribution < -0.4 is 0 Å². The number of carbonyl (C=O) groups is 1. The standard InChI is InChI=1S/C31H54O3/c1-6-7-8-9-10-11-12-13-22-34-29(33)19-16-24-23(2)14-17-26-25(24)15-18-27-30(3,4)28(32)20-21-31(26,27)5/h25-28,32H,6-22H2,1-5H3/t25?,26-,27?,28?,31+/m0/s1. The van der Waals surface area contributed by atoms with Crippen LogP contribution in [0.5, 0.6) is 0 Å². The Labute approximate surface area is 210 Å². The van der Waals surface area contributed by atoms with E-state index in [0.717, 1.165) is 25.7 Å². The fourth-order valence-electron chi connectivity index (χ4n) is 8.16. The molecule has 196 valence electrons. The molecule has 0 aromatic rings. The van der Waals surface area contributed by atoms with Crippen molar-refractivity contribution in [2.45, 2.75) is 143 Å². The third-order valence-corrected chi connectivity index (χ3v) is 10.3. The van der Waals surface area contributed by atoms with Gasteiger partial charge >= 0.3 is 5.97 Å². The molecule has 0 aliphatic heterocycles. The Hall–Kier alpha value is -0.830. The monoisotopic (exact) mass is 474 g/mol. The number of aliphatic hydroxyl groups is 1. The molecule has 3 rings (SSSR count). The van der Waals surface area contributed by atoms with Crippen LogP contribution in [0.1, 0.15) is 137 Å². The first-order valence-electron chi connectivity index (χ1n) is 14.7. The summed E-state index contributed by atoms with van der Waals surface area (Å²) in [5.74, 6) is 1.92. The van der Waals surface area contributed by atoms with Crippen molar-refractivity contribution in [1.82, 2.24) is 0 Å². The SMILES string of the molecule is CCCCCCCCCCOC(=O)CCC1=C(C)CC[C@H]2C1CCC1C(C)(C)C(O)CC[C@@]12C. The Morgan fingerprint density at radius 3 is 2.35 bits per heavy atom. The molecule has 34 heavy (non-hydrogen) atoms. The molecule has 0 aromatic carbocycles. The summed E-state index contributed by atoms with van der Waals surface area (Å²) in [7, 11) is 0. The van der Waals surface area contributed by atoms with E-state index in [1.54, 1.807) is 5.57 Å². The van der Waals surface area contributed by atoms with Gasteiger partial charge in [-0.05, 0) is 86.9 Å². The molecule has 0 heterocycles. The summed E-state index contributed by atoms with van der Waals surface area (Å²) in [5, 5.41) is 10.7. The predicted molar refractivity (Wildman–Crippen MR) is 142 cm³/mol. The highest BCUT2D eigenvalue weighted by molar-refractivity contribution is 5.69. The molecule has 0 saturated heterocycles. The van der Waals surface area contributed by atoms with E-state index in [1.807, 2.05) is 0 Å². The van der Waals surface area contributed by atoms with Crippen molar-refractivity contribution >= 4 is 5.97 Å². The molecule has 3 nitrogen and oxygen atoms in total. The zero-order valence-electron chi connectivity index (χ0n) is 23.1. The van der Waals surface area contributed by atoms with Gasteiger partial charge in [0.25, 0.3) is 0 Å².